The Hall–Kier alpha value is -0.950. The predicted octanol–water partition coefficient (Wildman–Crippen LogP) is 4.09. The molecular formula is C15H14BrClFNO2S. The van der Waals surface area contributed by atoms with Gasteiger partial charge in [-0.1, -0.05) is 23.7 Å². The number of hydrogen-bond acceptors (Lipinski definition) is 3. The smallest absolute Gasteiger partial charge is 0.220 e. The van der Waals surface area contributed by atoms with Gasteiger partial charge in [-0.25, -0.2) is 4.39 Å². The van der Waals surface area contributed by atoms with Gasteiger partial charge in [0, 0.05) is 26.7 Å². The predicted molar refractivity (Wildman–Crippen MR) is 89.7 cm³/mol. The van der Waals surface area contributed by atoms with Crippen molar-refractivity contribution in [2.45, 2.75) is 18.9 Å². The average molecular weight is 407 g/mol. The van der Waals surface area contributed by atoms with Crippen molar-refractivity contribution < 1.29 is 14.3 Å². The molecule has 22 heavy (non-hydrogen) atoms. The third kappa shape index (κ3) is 4.52. The summed E-state index contributed by atoms with van der Waals surface area (Å²) in [7, 11) is 0. The highest BCUT2D eigenvalue weighted by atomic mass is 79.9. The lowest BCUT2D eigenvalue weighted by molar-refractivity contribution is -0.122. The zero-order valence-corrected chi connectivity index (χ0v) is 14.6. The van der Waals surface area contributed by atoms with Gasteiger partial charge in [0.25, 0.3) is 0 Å². The lowest BCUT2D eigenvalue weighted by Gasteiger charge is -2.17. The molecule has 0 saturated heterocycles. The number of thiophene rings is 1. The first-order valence-corrected chi connectivity index (χ1v) is 8.63. The molecule has 7 heteroatoms. The van der Waals surface area contributed by atoms with Crippen LogP contribution in [-0.4, -0.2) is 17.6 Å². The molecule has 0 aliphatic rings. The Morgan fingerprint density at radius 1 is 1.50 bits per heavy atom. The van der Waals surface area contributed by atoms with Crippen molar-refractivity contribution in [1.29, 1.82) is 0 Å². The van der Waals surface area contributed by atoms with Crippen LogP contribution >= 0.6 is 38.9 Å². The Morgan fingerprint density at radius 2 is 2.27 bits per heavy atom. The van der Waals surface area contributed by atoms with Gasteiger partial charge in [0.05, 0.1) is 17.7 Å². The largest absolute Gasteiger partial charge is 0.394 e. The summed E-state index contributed by atoms with van der Waals surface area (Å²) in [6, 6.07) is 5.65. The van der Waals surface area contributed by atoms with Crippen molar-refractivity contribution in [3.05, 3.63) is 55.4 Å². The molecule has 1 heterocycles. The SMILES string of the molecule is O=C(CCc1cc(Br)cs1)N[C@H](CO)c1cccc(Cl)c1F. The molecule has 2 N–H and O–H groups in total. The first-order valence-electron chi connectivity index (χ1n) is 6.58. The van der Waals surface area contributed by atoms with Gasteiger partial charge in [-0.2, -0.15) is 0 Å². The van der Waals surface area contributed by atoms with E-state index in [0.29, 0.717) is 6.42 Å². The van der Waals surface area contributed by atoms with Crippen LogP contribution in [0.2, 0.25) is 5.02 Å². The van der Waals surface area contributed by atoms with Crippen molar-refractivity contribution in [3.63, 3.8) is 0 Å². The van der Waals surface area contributed by atoms with Gasteiger partial charge in [-0.15, -0.1) is 11.3 Å². The van der Waals surface area contributed by atoms with Crippen LogP contribution in [0, 0.1) is 5.82 Å². The fraction of sp³-hybridized carbons (Fsp3) is 0.267. The Labute approximate surface area is 145 Å². The van der Waals surface area contributed by atoms with E-state index in [-0.39, 0.29) is 22.9 Å². The van der Waals surface area contributed by atoms with Crippen molar-refractivity contribution in [3.8, 4) is 0 Å². The van der Waals surface area contributed by atoms with Gasteiger partial charge in [0.1, 0.15) is 5.82 Å². The lowest BCUT2D eigenvalue weighted by Crippen LogP contribution is -2.31. The number of hydrogen-bond donors (Lipinski definition) is 2. The van der Waals surface area contributed by atoms with Gasteiger partial charge in [0.2, 0.25) is 5.91 Å². The molecule has 0 saturated carbocycles. The maximum atomic E-state index is 13.9. The van der Waals surface area contributed by atoms with E-state index in [9.17, 15) is 14.3 Å². The molecule has 2 rings (SSSR count). The van der Waals surface area contributed by atoms with Crippen molar-refractivity contribution in [1.82, 2.24) is 5.32 Å². The zero-order chi connectivity index (χ0) is 16.1. The van der Waals surface area contributed by atoms with Gasteiger partial charge in [0.15, 0.2) is 0 Å². The summed E-state index contributed by atoms with van der Waals surface area (Å²) in [5.74, 6) is -0.867. The molecule has 0 aliphatic heterocycles. The molecule has 2 aromatic rings. The summed E-state index contributed by atoms with van der Waals surface area (Å²) in [5.41, 5.74) is 0.183. The molecule has 0 spiro atoms. The number of amides is 1. The number of carbonyl (C=O) groups excluding carboxylic acids is 1. The monoisotopic (exact) mass is 405 g/mol. The minimum Gasteiger partial charge on any atom is -0.394 e. The van der Waals surface area contributed by atoms with E-state index in [1.807, 2.05) is 11.4 Å². The second-order valence-corrected chi connectivity index (χ2v) is 7.00. The second-order valence-electron chi connectivity index (χ2n) is 4.68. The van der Waals surface area contributed by atoms with E-state index in [4.69, 9.17) is 11.6 Å². The second kappa shape index (κ2) is 8.06. The van der Waals surface area contributed by atoms with Gasteiger partial charge in [-0.05, 0) is 34.5 Å². The Bertz CT molecular complexity index is 665. The Balaban J connectivity index is 1.97. The Kier molecular flexibility index (Phi) is 6.37. The van der Waals surface area contributed by atoms with E-state index in [0.717, 1.165) is 9.35 Å². The van der Waals surface area contributed by atoms with Gasteiger partial charge < -0.3 is 10.4 Å². The molecular weight excluding hydrogens is 393 g/mol. The lowest BCUT2D eigenvalue weighted by atomic mass is 10.1. The van der Waals surface area contributed by atoms with E-state index in [2.05, 4.69) is 21.2 Å². The summed E-state index contributed by atoms with van der Waals surface area (Å²) in [6.45, 7) is -0.395. The molecule has 1 aromatic heterocycles. The molecule has 1 atom stereocenters. The van der Waals surface area contributed by atoms with Crippen LogP contribution in [0.25, 0.3) is 0 Å². The normalized spacial score (nSPS) is 12.2. The van der Waals surface area contributed by atoms with Gasteiger partial charge in [-0.3, -0.25) is 4.79 Å². The third-order valence-corrected chi connectivity index (χ3v) is 5.14. The summed E-state index contributed by atoms with van der Waals surface area (Å²) in [6.07, 6.45) is 0.865. The van der Waals surface area contributed by atoms with E-state index in [1.165, 1.54) is 12.1 Å². The van der Waals surface area contributed by atoms with Crippen LogP contribution < -0.4 is 5.32 Å². The minimum atomic E-state index is -0.804. The number of carbonyl (C=O) groups is 1. The maximum absolute atomic E-state index is 13.9. The van der Waals surface area contributed by atoms with Crippen molar-refractivity contribution >= 4 is 44.8 Å². The van der Waals surface area contributed by atoms with E-state index >= 15 is 0 Å². The van der Waals surface area contributed by atoms with Crippen molar-refractivity contribution in [2.75, 3.05) is 6.61 Å². The third-order valence-electron chi connectivity index (χ3n) is 3.09. The van der Waals surface area contributed by atoms with Crippen LogP contribution in [0.1, 0.15) is 22.9 Å². The molecule has 1 aromatic carbocycles. The summed E-state index contributed by atoms with van der Waals surface area (Å²) < 4.78 is 14.9. The molecule has 118 valence electrons. The number of benzene rings is 1. The minimum absolute atomic E-state index is 0.0337. The summed E-state index contributed by atoms with van der Waals surface area (Å²) >= 11 is 10.6. The first-order chi connectivity index (χ1) is 10.5. The summed E-state index contributed by atoms with van der Waals surface area (Å²) in [5, 5.41) is 14.0. The number of nitrogens with one attached hydrogen (secondary N) is 1. The van der Waals surface area contributed by atoms with E-state index < -0.39 is 18.5 Å². The quantitative estimate of drug-likeness (QED) is 0.759. The number of aliphatic hydroxyl groups is 1. The molecule has 0 radical (unpaired) electrons. The average Bonchev–Trinajstić information content (AvgIpc) is 2.91. The van der Waals surface area contributed by atoms with Crippen molar-refractivity contribution in [2.24, 2.45) is 0 Å². The number of aliphatic hydroxyl groups excluding tert-OH is 1. The molecule has 0 bridgehead atoms. The van der Waals surface area contributed by atoms with Gasteiger partial charge >= 0.3 is 0 Å². The highest BCUT2D eigenvalue weighted by Gasteiger charge is 2.19. The van der Waals surface area contributed by atoms with E-state index in [1.54, 1.807) is 17.4 Å². The van der Waals surface area contributed by atoms with Crippen LogP contribution in [0.3, 0.4) is 0 Å². The number of rotatable bonds is 6. The topological polar surface area (TPSA) is 49.3 Å². The first kappa shape index (κ1) is 17.4. The fourth-order valence-electron chi connectivity index (χ4n) is 2.00. The zero-order valence-electron chi connectivity index (χ0n) is 11.5. The molecule has 0 fully saturated rings. The number of aryl methyl sites for hydroxylation is 1. The molecule has 3 nitrogen and oxygen atoms in total. The fourth-order valence-corrected chi connectivity index (χ4v) is 3.64. The van der Waals surface area contributed by atoms with Crippen LogP contribution in [-0.2, 0) is 11.2 Å². The molecule has 0 aliphatic carbocycles. The molecule has 1 amide bonds. The molecule has 0 unspecified atom stereocenters. The van der Waals surface area contributed by atoms with Crippen LogP contribution in [0.5, 0.6) is 0 Å². The van der Waals surface area contributed by atoms with Crippen LogP contribution in [0.15, 0.2) is 34.1 Å². The number of halogens is 3. The highest BCUT2D eigenvalue weighted by molar-refractivity contribution is 9.10. The Morgan fingerprint density at radius 3 is 2.91 bits per heavy atom. The standard InChI is InChI=1S/C15H14BrClFNO2S/c16-9-6-10(22-8-9)4-5-14(21)19-13(7-20)11-2-1-3-12(17)15(11)18/h1-3,6,8,13,20H,4-5,7H2,(H,19,21)/t13-/m1/s1. The highest BCUT2D eigenvalue weighted by Crippen LogP contribution is 2.24. The maximum Gasteiger partial charge on any atom is 0.220 e. The van der Waals surface area contributed by atoms with Crippen LogP contribution in [0.4, 0.5) is 4.39 Å². The summed E-state index contributed by atoms with van der Waals surface area (Å²) in [4.78, 5) is 13.1.